The van der Waals surface area contributed by atoms with E-state index < -0.39 is 23.8 Å². The number of ketones is 1. The molecule has 1 aromatic carbocycles. The summed E-state index contributed by atoms with van der Waals surface area (Å²) in [6.07, 6.45) is 0.481. The van der Waals surface area contributed by atoms with Gasteiger partial charge in [-0.2, -0.15) is 0 Å². The average molecular weight is 418 g/mol. The monoisotopic (exact) mass is 417 g/mol. The Hall–Kier alpha value is -2.60. The molecule has 2 aliphatic rings. The maximum Gasteiger partial charge on any atom is 0.336 e. The number of Topliss-reactive ketones (excluding diaryl/α,β-unsaturated/α-hetero) is 1. The Morgan fingerprint density at radius 3 is 2.59 bits per heavy atom. The number of dihydropyridines is 1. The van der Waals surface area contributed by atoms with Crippen LogP contribution in [0.25, 0.3) is 0 Å². The Morgan fingerprint density at radius 1 is 1.28 bits per heavy atom. The molecule has 1 N–H and O–H groups in total. The summed E-state index contributed by atoms with van der Waals surface area (Å²) < 4.78 is 10.1. The van der Waals surface area contributed by atoms with Gasteiger partial charge in [0.25, 0.3) is 0 Å². The molecule has 0 radical (unpaired) electrons. The molecule has 3 atom stereocenters. The van der Waals surface area contributed by atoms with Crippen molar-refractivity contribution in [1.29, 1.82) is 0 Å². The lowest BCUT2D eigenvalue weighted by Crippen LogP contribution is -2.43. The molecular weight excluding hydrogens is 394 g/mol. The second-order valence-corrected chi connectivity index (χ2v) is 7.68. The van der Waals surface area contributed by atoms with Gasteiger partial charge in [-0.05, 0) is 37.8 Å². The number of ether oxygens (including phenoxy) is 2. The van der Waals surface area contributed by atoms with Crippen molar-refractivity contribution in [1.82, 2.24) is 5.32 Å². The fourth-order valence-electron chi connectivity index (χ4n) is 4.18. The third-order valence-corrected chi connectivity index (χ3v) is 5.80. The topological polar surface area (TPSA) is 81.7 Å². The van der Waals surface area contributed by atoms with Crippen LogP contribution in [-0.4, -0.2) is 31.4 Å². The van der Waals surface area contributed by atoms with Crippen molar-refractivity contribution in [2.24, 2.45) is 11.8 Å². The van der Waals surface area contributed by atoms with Crippen LogP contribution in [0.3, 0.4) is 0 Å². The highest BCUT2D eigenvalue weighted by Crippen LogP contribution is 2.46. The number of rotatable bonds is 4. The van der Waals surface area contributed by atoms with Crippen molar-refractivity contribution in [2.45, 2.75) is 33.1 Å². The van der Waals surface area contributed by atoms with Crippen molar-refractivity contribution >= 4 is 29.3 Å². The number of benzene rings is 1. The second kappa shape index (κ2) is 8.41. The van der Waals surface area contributed by atoms with E-state index in [0.29, 0.717) is 39.5 Å². The molecule has 0 saturated carbocycles. The minimum Gasteiger partial charge on any atom is -0.468 e. The first kappa shape index (κ1) is 21.1. The second-order valence-electron chi connectivity index (χ2n) is 7.28. The van der Waals surface area contributed by atoms with Crippen LogP contribution in [0.5, 0.6) is 0 Å². The molecule has 0 fully saturated rings. The number of halogens is 1. The Labute approximate surface area is 174 Å². The smallest absolute Gasteiger partial charge is 0.336 e. The first-order valence-corrected chi connectivity index (χ1v) is 9.93. The van der Waals surface area contributed by atoms with Gasteiger partial charge >= 0.3 is 11.9 Å². The quantitative estimate of drug-likeness (QED) is 0.596. The fourth-order valence-corrected chi connectivity index (χ4v) is 4.42. The van der Waals surface area contributed by atoms with Crippen molar-refractivity contribution in [3.05, 3.63) is 57.4 Å². The Kier molecular flexibility index (Phi) is 6.13. The van der Waals surface area contributed by atoms with Gasteiger partial charge < -0.3 is 14.8 Å². The predicted octanol–water partition coefficient (Wildman–Crippen LogP) is 3.52. The summed E-state index contributed by atoms with van der Waals surface area (Å²) in [5, 5.41) is 3.64. The molecule has 29 heavy (non-hydrogen) atoms. The zero-order valence-corrected chi connectivity index (χ0v) is 17.6. The molecule has 0 spiro atoms. The van der Waals surface area contributed by atoms with E-state index in [-0.39, 0.29) is 18.3 Å². The van der Waals surface area contributed by atoms with E-state index in [1.54, 1.807) is 38.1 Å². The lowest BCUT2D eigenvalue weighted by molar-refractivity contribution is -0.151. The van der Waals surface area contributed by atoms with Gasteiger partial charge in [0, 0.05) is 27.9 Å². The number of carbonyl (C=O) groups is 3. The van der Waals surface area contributed by atoms with Crippen LogP contribution in [0, 0.1) is 11.8 Å². The predicted molar refractivity (Wildman–Crippen MR) is 108 cm³/mol. The molecule has 3 rings (SSSR count). The number of hydrogen-bond donors (Lipinski definition) is 1. The number of carbonyl (C=O) groups excluding carboxylic acids is 3. The standard InChI is InChI=1S/C22H24ClNO5/c1-5-29-22(27)17-12(3)24-15-10-11(2)16(21(26)28-4)20(25)19(15)18(17)13-8-6-7-9-14(13)23/h6-9,11,16,18,24H,5,10H2,1-4H3/t11-,16-,18+/m1/s1. The molecule has 0 saturated heterocycles. The van der Waals surface area contributed by atoms with Gasteiger partial charge in [-0.25, -0.2) is 4.79 Å². The van der Waals surface area contributed by atoms with Crippen molar-refractivity contribution in [2.75, 3.05) is 13.7 Å². The Morgan fingerprint density at radius 2 is 1.97 bits per heavy atom. The van der Waals surface area contributed by atoms with Crippen LogP contribution in [0.15, 0.2) is 46.8 Å². The Balaban J connectivity index is 2.21. The summed E-state index contributed by atoms with van der Waals surface area (Å²) in [6, 6.07) is 7.08. The molecular formula is C22H24ClNO5. The normalized spacial score (nSPS) is 24.0. The molecule has 0 amide bonds. The first-order chi connectivity index (χ1) is 13.8. The molecule has 1 heterocycles. The highest BCUT2D eigenvalue weighted by Gasteiger charge is 2.47. The van der Waals surface area contributed by atoms with E-state index in [4.69, 9.17) is 21.1 Å². The van der Waals surface area contributed by atoms with Crippen LogP contribution in [0.4, 0.5) is 0 Å². The van der Waals surface area contributed by atoms with E-state index in [0.717, 1.165) is 0 Å². The van der Waals surface area contributed by atoms with Crippen LogP contribution in [0.1, 0.15) is 38.7 Å². The summed E-state index contributed by atoms with van der Waals surface area (Å²) in [5.74, 6) is -3.31. The molecule has 1 aromatic rings. The number of allylic oxidation sites excluding steroid dienone is 3. The van der Waals surface area contributed by atoms with Gasteiger partial charge in [0.15, 0.2) is 5.78 Å². The summed E-state index contributed by atoms with van der Waals surface area (Å²) in [4.78, 5) is 38.7. The average Bonchev–Trinajstić information content (AvgIpc) is 2.67. The van der Waals surface area contributed by atoms with Crippen LogP contribution in [0.2, 0.25) is 5.02 Å². The molecule has 0 aromatic heterocycles. The third-order valence-electron chi connectivity index (χ3n) is 5.45. The van der Waals surface area contributed by atoms with Crippen LogP contribution >= 0.6 is 11.6 Å². The van der Waals surface area contributed by atoms with Gasteiger partial charge in [-0.15, -0.1) is 0 Å². The zero-order valence-electron chi connectivity index (χ0n) is 16.9. The highest BCUT2D eigenvalue weighted by atomic mass is 35.5. The van der Waals surface area contributed by atoms with E-state index in [1.165, 1.54) is 7.11 Å². The summed E-state index contributed by atoms with van der Waals surface area (Å²) in [5.41, 5.74) is 2.64. The van der Waals surface area contributed by atoms with Gasteiger partial charge in [0.2, 0.25) is 0 Å². The van der Waals surface area contributed by atoms with Gasteiger partial charge in [-0.1, -0.05) is 36.7 Å². The zero-order chi connectivity index (χ0) is 21.3. The first-order valence-electron chi connectivity index (χ1n) is 9.56. The van der Waals surface area contributed by atoms with Crippen molar-refractivity contribution < 1.29 is 23.9 Å². The number of methoxy groups -OCH3 is 1. The maximum absolute atomic E-state index is 13.5. The number of esters is 2. The Bertz CT molecular complexity index is 933. The number of nitrogens with one attached hydrogen (secondary N) is 1. The molecule has 0 unspecified atom stereocenters. The minimum absolute atomic E-state index is 0.201. The van der Waals surface area contributed by atoms with E-state index in [1.807, 2.05) is 6.92 Å². The van der Waals surface area contributed by atoms with Gasteiger partial charge in [0.1, 0.15) is 5.92 Å². The van der Waals surface area contributed by atoms with Crippen LogP contribution in [-0.2, 0) is 23.9 Å². The molecule has 7 heteroatoms. The van der Waals surface area contributed by atoms with Gasteiger partial charge in [0.05, 0.1) is 19.3 Å². The molecule has 154 valence electrons. The van der Waals surface area contributed by atoms with Gasteiger partial charge in [-0.3, -0.25) is 9.59 Å². The summed E-state index contributed by atoms with van der Waals surface area (Å²) in [7, 11) is 1.27. The highest BCUT2D eigenvalue weighted by molar-refractivity contribution is 6.31. The minimum atomic E-state index is -0.924. The largest absolute Gasteiger partial charge is 0.468 e. The lowest BCUT2D eigenvalue weighted by Gasteiger charge is -2.38. The van der Waals surface area contributed by atoms with E-state index >= 15 is 0 Å². The van der Waals surface area contributed by atoms with Crippen molar-refractivity contribution in [3.63, 3.8) is 0 Å². The summed E-state index contributed by atoms with van der Waals surface area (Å²) >= 11 is 6.47. The molecule has 6 nitrogen and oxygen atoms in total. The molecule has 1 aliphatic carbocycles. The SMILES string of the molecule is CCOC(=O)C1=C(C)NC2=C(C(=O)[C@H](C(=O)OC)[C@H](C)C2)[C@H]1c1ccccc1Cl. The molecule has 0 bridgehead atoms. The molecule has 1 aliphatic heterocycles. The van der Waals surface area contributed by atoms with Crippen molar-refractivity contribution in [3.8, 4) is 0 Å². The lowest BCUT2D eigenvalue weighted by atomic mass is 9.69. The van der Waals surface area contributed by atoms with E-state index in [2.05, 4.69) is 5.32 Å². The summed E-state index contributed by atoms with van der Waals surface area (Å²) in [6.45, 7) is 5.54. The van der Waals surface area contributed by atoms with E-state index in [9.17, 15) is 14.4 Å². The third kappa shape index (κ3) is 3.69. The maximum atomic E-state index is 13.5. The fraction of sp³-hybridized carbons (Fsp3) is 0.409. The van der Waals surface area contributed by atoms with Crippen LogP contribution < -0.4 is 5.32 Å². The number of hydrogen-bond acceptors (Lipinski definition) is 6.